The summed E-state index contributed by atoms with van der Waals surface area (Å²) in [7, 11) is 1.58. The molecule has 102 valence electrons. The van der Waals surface area contributed by atoms with Gasteiger partial charge in [-0.3, -0.25) is 0 Å². The number of hydrogen-bond donors (Lipinski definition) is 1. The number of benzene rings is 1. The van der Waals surface area contributed by atoms with Gasteiger partial charge in [0.15, 0.2) is 0 Å². The Morgan fingerprint density at radius 2 is 2.05 bits per heavy atom. The average Bonchev–Trinajstić information content (AvgIpc) is 2.39. The normalized spacial score (nSPS) is 11.1. The predicted octanol–water partition coefficient (Wildman–Crippen LogP) is 3.92. The van der Waals surface area contributed by atoms with Gasteiger partial charge in [0.1, 0.15) is 11.4 Å². The molecule has 0 saturated heterocycles. The van der Waals surface area contributed by atoms with Gasteiger partial charge in [-0.2, -0.15) is 0 Å². The zero-order valence-electron chi connectivity index (χ0n) is 11.1. The van der Waals surface area contributed by atoms with Crippen molar-refractivity contribution in [1.29, 1.82) is 0 Å². The van der Waals surface area contributed by atoms with Gasteiger partial charge >= 0.3 is 0 Å². The van der Waals surface area contributed by atoms with Crippen LogP contribution in [0.4, 0.5) is 14.5 Å². The van der Waals surface area contributed by atoms with Gasteiger partial charge in [-0.05, 0) is 37.6 Å². The lowest BCUT2D eigenvalue weighted by molar-refractivity contribution is 0.146. The first kappa shape index (κ1) is 13.5. The number of anilines is 1. The number of methoxy groups -OCH3 is 1. The van der Waals surface area contributed by atoms with Gasteiger partial charge in [0.05, 0.1) is 12.6 Å². The molecule has 0 aliphatic heterocycles. The highest BCUT2D eigenvalue weighted by Gasteiger charge is 2.15. The lowest BCUT2D eigenvalue weighted by Crippen LogP contribution is -2.02. The third kappa shape index (κ3) is 2.59. The number of nitrogens with zero attached hydrogens (tertiary/aromatic N) is 1. The molecule has 1 heterocycles. The summed E-state index contributed by atoms with van der Waals surface area (Å²) in [6.45, 7) is 4.40. The summed E-state index contributed by atoms with van der Waals surface area (Å²) >= 11 is 0. The van der Waals surface area contributed by atoms with Gasteiger partial charge in [0, 0.05) is 17.6 Å². The van der Waals surface area contributed by atoms with Gasteiger partial charge in [-0.15, -0.1) is 0 Å². The fourth-order valence-corrected chi connectivity index (χ4v) is 2.05. The van der Waals surface area contributed by atoms with Gasteiger partial charge in [0.25, 0.3) is 6.43 Å². The Morgan fingerprint density at radius 1 is 1.32 bits per heavy atom. The molecule has 0 aliphatic rings. The van der Waals surface area contributed by atoms with E-state index < -0.39 is 6.43 Å². The highest BCUT2D eigenvalue weighted by Crippen LogP contribution is 2.32. The molecule has 2 rings (SSSR count). The Hall–Kier alpha value is -1.91. The summed E-state index contributed by atoms with van der Waals surface area (Å²) in [6, 6.07) is 5.00. The third-order valence-corrected chi connectivity index (χ3v) is 2.92. The quantitative estimate of drug-likeness (QED) is 0.910. The van der Waals surface area contributed by atoms with Crippen molar-refractivity contribution in [3.05, 3.63) is 29.5 Å². The van der Waals surface area contributed by atoms with Crippen LogP contribution in [-0.4, -0.2) is 18.6 Å². The first-order valence-electron chi connectivity index (χ1n) is 6.08. The molecule has 0 unspecified atom stereocenters. The first-order valence-corrected chi connectivity index (χ1v) is 6.08. The largest absolute Gasteiger partial charge is 0.497 e. The number of hydrogen-bond acceptors (Lipinski definition) is 3. The second kappa shape index (κ2) is 5.38. The van der Waals surface area contributed by atoms with Crippen LogP contribution in [0, 0.1) is 6.92 Å². The number of ether oxygens (including phenoxy) is 1. The van der Waals surface area contributed by atoms with E-state index in [0.717, 1.165) is 10.9 Å². The second-order valence-electron chi connectivity index (χ2n) is 4.27. The van der Waals surface area contributed by atoms with E-state index in [1.807, 2.05) is 19.9 Å². The zero-order valence-corrected chi connectivity index (χ0v) is 11.1. The van der Waals surface area contributed by atoms with Crippen molar-refractivity contribution >= 4 is 16.6 Å². The Kier molecular flexibility index (Phi) is 3.83. The fraction of sp³-hybridized carbons (Fsp3) is 0.357. The monoisotopic (exact) mass is 266 g/mol. The summed E-state index contributed by atoms with van der Waals surface area (Å²) in [6.07, 6.45) is -2.58. The van der Waals surface area contributed by atoms with Crippen LogP contribution in [0.25, 0.3) is 10.9 Å². The fourth-order valence-electron chi connectivity index (χ4n) is 2.05. The molecule has 0 spiro atoms. The van der Waals surface area contributed by atoms with E-state index in [9.17, 15) is 8.78 Å². The van der Waals surface area contributed by atoms with Crippen LogP contribution in [0.2, 0.25) is 0 Å². The van der Waals surface area contributed by atoms with Crippen molar-refractivity contribution in [2.75, 3.05) is 19.0 Å². The standard InChI is InChI=1S/C14H16F2N2O/c1-4-17-11-7-12(14(15)16)18-13-8(2)5-9(19-3)6-10(11)13/h5-7,14H,4H2,1-3H3,(H,17,18). The predicted molar refractivity (Wildman–Crippen MR) is 72.2 cm³/mol. The van der Waals surface area contributed by atoms with E-state index in [0.29, 0.717) is 23.5 Å². The van der Waals surface area contributed by atoms with E-state index in [-0.39, 0.29) is 5.69 Å². The lowest BCUT2D eigenvalue weighted by atomic mass is 10.1. The maximum atomic E-state index is 12.9. The van der Waals surface area contributed by atoms with Crippen LogP contribution in [0.1, 0.15) is 24.6 Å². The maximum absolute atomic E-state index is 12.9. The molecule has 0 atom stereocenters. The van der Waals surface area contributed by atoms with Crippen LogP contribution in [0.15, 0.2) is 18.2 Å². The lowest BCUT2D eigenvalue weighted by Gasteiger charge is -2.13. The van der Waals surface area contributed by atoms with Crippen molar-refractivity contribution < 1.29 is 13.5 Å². The van der Waals surface area contributed by atoms with Crippen molar-refractivity contribution in [2.45, 2.75) is 20.3 Å². The minimum absolute atomic E-state index is 0.211. The molecule has 0 bridgehead atoms. The average molecular weight is 266 g/mol. The van der Waals surface area contributed by atoms with E-state index >= 15 is 0 Å². The molecule has 0 radical (unpaired) electrons. The van der Waals surface area contributed by atoms with E-state index in [1.54, 1.807) is 13.2 Å². The van der Waals surface area contributed by atoms with Crippen LogP contribution < -0.4 is 10.1 Å². The topological polar surface area (TPSA) is 34.2 Å². The number of alkyl halides is 2. The van der Waals surface area contributed by atoms with E-state index in [1.165, 1.54) is 6.07 Å². The minimum atomic E-state index is -2.58. The third-order valence-electron chi connectivity index (χ3n) is 2.92. The Labute approximate surface area is 110 Å². The smallest absolute Gasteiger partial charge is 0.280 e. The second-order valence-corrected chi connectivity index (χ2v) is 4.27. The molecule has 0 aliphatic carbocycles. The van der Waals surface area contributed by atoms with Crippen LogP contribution in [0.3, 0.4) is 0 Å². The minimum Gasteiger partial charge on any atom is -0.497 e. The summed E-state index contributed by atoms with van der Waals surface area (Å²) in [5.74, 6) is 0.691. The maximum Gasteiger partial charge on any atom is 0.280 e. The summed E-state index contributed by atoms with van der Waals surface area (Å²) < 4.78 is 31.0. The number of pyridine rings is 1. The number of aromatic nitrogens is 1. The van der Waals surface area contributed by atoms with Gasteiger partial charge in [-0.25, -0.2) is 13.8 Å². The molecule has 1 aromatic carbocycles. The van der Waals surface area contributed by atoms with E-state index in [2.05, 4.69) is 10.3 Å². The van der Waals surface area contributed by atoms with Crippen LogP contribution in [0.5, 0.6) is 5.75 Å². The molecule has 0 fully saturated rings. The number of rotatable bonds is 4. The van der Waals surface area contributed by atoms with Gasteiger partial charge in [-0.1, -0.05) is 0 Å². The number of fused-ring (bicyclic) bond motifs is 1. The van der Waals surface area contributed by atoms with Crippen LogP contribution >= 0.6 is 0 Å². The van der Waals surface area contributed by atoms with Crippen molar-refractivity contribution in [3.8, 4) is 5.75 Å². The SMILES string of the molecule is CCNc1cc(C(F)F)nc2c(C)cc(OC)cc12. The summed E-state index contributed by atoms with van der Waals surface area (Å²) in [5.41, 5.74) is 1.84. The molecule has 1 N–H and O–H groups in total. The molecule has 0 amide bonds. The van der Waals surface area contributed by atoms with E-state index in [4.69, 9.17) is 4.74 Å². The molecule has 1 aromatic heterocycles. The molecule has 3 nitrogen and oxygen atoms in total. The number of aryl methyl sites for hydroxylation is 1. The number of nitrogens with one attached hydrogen (secondary N) is 1. The Morgan fingerprint density at radius 3 is 2.63 bits per heavy atom. The molecular weight excluding hydrogens is 250 g/mol. The summed E-state index contributed by atoms with van der Waals surface area (Å²) in [4.78, 5) is 4.05. The van der Waals surface area contributed by atoms with Gasteiger partial charge < -0.3 is 10.1 Å². The first-order chi connectivity index (χ1) is 9.06. The molecule has 19 heavy (non-hydrogen) atoms. The molecule has 5 heteroatoms. The Balaban J connectivity index is 2.74. The number of halogens is 2. The Bertz CT molecular complexity index is 600. The van der Waals surface area contributed by atoms with Crippen molar-refractivity contribution in [2.24, 2.45) is 0 Å². The zero-order chi connectivity index (χ0) is 14.0. The molecule has 0 saturated carbocycles. The van der Waals surface area contributed by atoms with Gasteiger partial charge in [0.2, 0.25) is 0 Å². The summed E-state index contributed by atoms with van der Waals surface area (Å²) in [5, 5.41) is 3.89. The van der Waals surface area contributed by atoms with Crippen molar-refractivity contribution in [3.63, 3.8) is 0 Å². The highest BCUT2D eigenvalue weighted by atomic mass is 19.3. The molecule has 2 aromatic rings. The highest BCUT2D eigenvalue weighted by molar-refractivity contribution is 5.94. The van der Waals surface area contributed by atoms with Crippen LogP contribution in [-0.2, 0) is 0 Å². The molecular formula is C14H16F2N2O. The van der Waals surface area contributed by atoms with Crippen molar-refractivity contribution in [1.82, 2.24) is 4.98 Å².